The van der Waals surface area contributed by atoms with Crippen LogP contribution < -0.4 is 0 Å². The van der Waals surface area contributed by atoms with Crippen LogP contribution in [0, 0.1) is 6.92 Å². The standard InChI is InChI=1S/C9H11NO.C2H6/c1-6-3-4-9-8(5-6)10-7(2)11-9;1-2/h5H,3-4H2,1-2H3;1-2H3. The van der Waals surface area contributed by atoms with Crippen molar-refractivity contribution in [2.75, 3.05) is 0 Å². The number of oxazole rings is 1. The first-order valence-corrected chi connectivity index (χ1v) is 4.89. The molecule has 0 atom stereocenters. The molecule has 0 saturated carbocycles. The van der Waals surface area contributed by atoms with Crippen LogP contribution in [0.3, 0.4) is 0 Å². The van der Waals surface area contributed by atoms with Gasteiger partial charge in [0.15, 0.2) is 5.89 Å². The predicted molar refractivity (Wildman–Crippen MR) is 54.6 cm³/mol. The van der Waals surface area contributed by atoms with Crippen LogP contribution in [0.25, 0.3) is 6.08 Å². The molecule has 0 bridgehead atoms. The number of nitrogens with zero attached hydrogens (tertiary/aromatic N) is 1. The van der Waals surface area contributed by atoms with E-state index in [9.17, 15) is 0 Å². The Balaban J connectivity index is 0.000000396. The van der Waals surface area contributed by atoms with E-state index < -0.39 is 0 Å². The number of hydrogen-bond donors (Lipinski definition) is 0. The molecule has 1 aliphatic carbocycles. The van der Waals surface area contributed by atoms with Gasteiger partial charge in [0.1, 0.15) is 11.5 Å². The molecule has 1 aliphatic rings. The van der Waals surface area contributed by atoms with Gasteiger partial charge in [-0.1, -0.05) is 19.4 Å². The summed E-state index contributed by atoms with van der Waals surface area (Å²) in [6.07, 6.45) is 4.23. The fraction of sp³-hybridized carbons (Fsp3) is 0.545. The minimum atomic E-state index is 0.779. The Hall–Kier alpha value is -1.05. The number of aromatic nitrogens is 1. The molecule has 1 aromatic heterocycles. The lowest BCUT2D eigenvalue weighted by atomic mass is 10.0. The highest BCUT2D eigenvalue weighted by Gasteiger charge is 2.13. The first-order valence-electron chi connectivity index (χ1n) is 4.89. The lowest BCUT2D eigenvalue weighted by molar-refractivity contribution is 0.472. The molecular weight excluding hydrogens is 162 g/mol. The van der Waals surface area contributed by atoms with Gasteiger partial charge in [-0.2, -0.15) is 0 Å². The van der Waals surface area contributed by atoms with E-state index in [1.807, 2.05) is 20.8 Å². The molecule has 2 nitrogen and oxygen atoms in total. The van der Waals surface area contributed by atoms with Crippen LogP contribution in [0.15, 0.2) is 9.99 Å². The zero-order chi connectivity index (χ0) is 9.84. The molecule has 13 heavy (non-hydrogen) atoms. The van der Waals surface area contributed by atoms with Crippen molar-refractivity contribution < 1.29 is 4.42 Å². The predicted octanol–water partition coefficient (Wildman–Crippen LogP) is 3.36. The third-order valence-corrected chi connectivity index (χ3v) is 1.96. The van der Waals surface area contributed by atoms with Gasteiger partial charge in [0.05, 0.1) is 0 Å². The summed E-state index contributed by atoms with van der Waals surface area (Å²) in [4.78, 5) is 4.26. The van der Waals surface area contributed by atoms with E-state index in [4.69, 9.17) is 4.42 Å². The molecule has 0 radical (unpaired) electrons. The minimum Gasteiger partial charge on any atom is -0.445 e. The van der Waals surface area contributed by atoms with Crippen molar-refractivity contribution >= 4 is 6.08 Å². The molecule has 0 unspecified atom stereocenters. The number of rotatable bonds is 0. The van der Waals surface area contributed by atoms with Crippen molar-refractivity contribution in [3.8, 4) is 0 Å². The van der Waals surface area contributed by atoms with E-state index in [-0.39, 0.29) is 0 Å². The van der Waals surface area contributed by atoms with Crippen molar-refractivity contribution in [3.05, 3.63) is 22.9 Å². The van der Waals surface area contributed by atoms with E-state index >= 15 is 0 Å². The number of fused-ring (bicyclic) bond motifs is 1. The van der Waals surface area contributed by atoms with Crippen molar-refractivity contribution in [3.63, 3.8) is 0 Å². The molecule has 72 valence electrons. The quantitative estimate of drug-likeness (QED) is 0.610. The van der Waals surface area contributed by atoms with Crippen molar-refractivity contribution in [1.82, 2.24) is 4.98 Å². The van der Waals surface area contributed by atoms with Crippen LogP contribution in [0.1, 0.15) is 44.5 Å². The van der Waals surface area contributed by atoms with Crippen LogP contribution in [-0.2, 0) is 6.42 Å². The van der Waals surface area contributed by atoms with Gasteiger partial charge in [-0.15, -0.1) is 0 Å². The Morgan fingerprint density at radius 1 is 1.23 bits per heavy atom. The van der Waals surface area contributed by atoms with Gasteiger partial charge in [-0.3, -0.25) is 0 Å². The highest BCUT2D eigenvalue weighted by Crippen LogP contribution is 2.23. The van der Waals surface area contributed by atoms with Crippen molar-refractivity contribution in [1.29, 1.82) is 0 Å². The summed E-state index contributed by atoms with van der Waals surface area (Å²) < 4.78 is 5.40. The Kier molecular flexibility index (Phi) is 3.29. The molecule has 1 heterocycles. The molecule has 0 fully saturated rings. The lowest BCUT2D eigenvalue weighted by Gasteiger charge is -2.05. The molecule has 0 spiro atoms. The normalized spacial score (nSPS) is 14.0. The summed E-state index contributed by atoms with van der Waals surface area (Å²) in [5, 5.41) is 0. The number of hydrogen-bond acceptors (Lipinski definition) is 2. The van der Waals surface area contributed by atoms with Crippen LogP contribution in [0.4, 0.5) is 0 Å². The highest BCUT2D eigenvalue weighted by atomic mass is 16.4. The van der Waals surface area contributed by atoms with Crippen LogP contribution in [-0.4, -0.2) is 4.98 Å². The Morgan fingerprint density at radius 2 is 1.92 bits per heavy atom. The number of allylic oxidation sites excluding steroid dienone is 1. The van der Waals surface area contributed by atoms with Gasteiger partial charge in [-0.25, -0.2) is 4.98 Å². The maximum absolute atomic E-state index is 5.40. The van der Waals surface area contributed by atoms with Gasteiger partial charge >= 0.3 is 0 Å². The molecule has 0 aliphatic heterocycles. The summed E-state index contributed by atoms with van der Waals surface area (Å²) in [7, 11) is 0. The maximum atomic E-state index is 5.40. The molecule has 1 aromatic rings. The first-order chi connectivity index (χ1) is 6.25. The van der Waals surface area contributed by atoms with Crippen LogP contribution >= 0.6 is 0 Å². The molecule has 2 heteroatoms. The monoisotopic (exact) mass is 179 g/mol. The fourth-order valence-corrected chi connectivity index (χ4v) is 1.39. The minimum absolute atomic E-state index is 0.779. The third-order valence-electron chi connectivity index (χ3n) is 1.96. The molecule has 0 N–H and O–H groups in total. The SMILES string of the molecule is CC.CC1=Cc2nc(C)oc2CC1. The zero-order valence-corrected chi connectivity index (χ0v) is 8.85. The Morgan fingerprint density at radius 3 is 2.62 bits per heavy atom. The average molecular weight is 179 g/mol. The summed E-state index contributed by atoms with van der Waals surface area (Å²) in [6, 6.07) is 0. The van der Waals surface area contributed by atoms with Crippen molar-refractivity contribution in [2.45, 2.75) is 40.5 Å². The smallest absolute Gasteiger partial charge is 0.191 e. The van der Waals surface area contributed by atoms with Crippen molar-refractivity contribution in [2.24, 2.45) is 0 Å². The van der Waals surface area contributed by atoms with Gasteiger partial charge < -0.3 is 4.42 Å². The van der Waals surface area contributed by atoms with E-state index in [1.54, 1.807) is 0 Å². The molecule has 0 amide bonds. The lowest BCUT2D eigenvalue weighted by Crippen LogP contribution is -1.93. The summed E-state index contributed by atoms with van der Waals surface area (Å²) in [5.74, 6) is 1.83. The van der Waals surface area contributed by atoms with Gasteiger partial charge in [0.2, 0.25) is 0 Å². The van der Waals surface area contributed by atoms with Crippen LogP contribution in [0.5, 0.6) is 0 Å². The Bertz CT molecular complexity index is 310. The molecule has 0 aromatic carbocycles. The topological polar surface area (TPSA) is 26.0 Å². The second kappa shape index (κ2) is 4.26. The summed E-state index contributed by atoms with van der Waals surface area (Å²) in [6.45, 7) is 8.02. The van der Waals surface area contributed by atoms with Crippen LogP contribution in [0.2, 0.25) is 0 Å². The molecule has 0 saturated heterocycles. The van der Waals surface area contributed by atoms with Gasteiger partial charge in [0.25, 0.3) is 0 Å². The first kappa shape index (κ1) is 10.0. The maximum Gasteiger partial charge on any atom is 0.191 e. The Labute approximate surface area is 79.7 Å². The third kappa shape index (κ3) is 2.20. The second-order valence-corrected chi connectivity index (χ2v) is 3.03. The molecule has 2 rings (SSSR count). The fourth-order valence-electron chi connectivity index (χ4n) is 1.39. The summed E-state index contributed by atoms with van der Waals surface area (Å²) >= 11 is 0. The zero-order valence-electron chi connectivity index (χ0n) is 8.85. The van der Waals surface area contributed by atoms with E-state index in [0.29, 0.717) is 0 Å². The van der Waals surface area contributed by atoms with Gasteiger partial charge in [-0.05, 0) is 19.4 Å². The number of aryl methyl sites for hydroxylation is 2. The average Bonchev–Trinajstić information content (AvgIpc) is 2.48. The second-order valence-electron chi connectivity index (χ2n) is 3.03. The molecular formula is C11H17NO. The highest BCUT2D eigenvalue weighted by molar-refractivity contribution is 5.52. The van der Waals surface area contributed by atoms with E-state index in [0.717, 1.165) is 30.2 Å². The van der Waals surface area contributed by atoms with Gasteiger partial charge in [0, 0.05) is 13.3 Å². The van der Waals surface area contributed by atoms with E-state index in [1.165, 1.54) is 5.57 Å². The summed E-state index contributed by atoms with van der Waals surface area (Å²) in [5.41, 5.74) is 2.43. The van der Waals surface area contributed by atoms with E-state index in [2.05, 4.69) is 18.0 Å². The largest absolute Gasteiger partial charge is 0.445 e.